The smallest absolute Gasteiger partial charge is 0.251 e. The molecule has 2 aliphatic heterocycles. The van der Waals surface area contributed by atoms with Crippen molar-refractivity contribution in [2.75, 3.05) is 26.7 Å². The van der Waals surface area contributed by atoms with Gasteiger partial charge in [-0.25, -0.2) is 0 Å². The van der Waals surface area contributed by atoms with E-state index < -0.39 is 0 Å². The summed E-state index contributed by atoms with van der Waals surface area (Å²) in [5.41, 5.74) is 6.99. The number of aryl methyl sites for hydroxylation is 1. The van der Waals surface area contributed by atoms with Gasteiger partial charge in [0.05, 0.1) is 13.2 Å². The Morgan fingerprint density at radius 3 is 2.46 bits per heavy atom. The van der Waals surface area contributed by atoms with Crippen LogP contribution in [0.2, 0.25) is 0 Å². The predicted octanol–water partition coefficient (Wildman–Crippen LogP) is 2.79. The number of hydrogen-bond acceptors (Lipinski definition) is 4. The lowest BCUT2D eigenvalue weighted by Gasteiger charge is -2.33. The van der Waals surface area contributed by atoms with Crippen molar-refractivity contribution in [2.24, 2.45) is 11.7 Å². The van der Waals surface area contributed by atoms with Crippen LogP contribution in [0, 0.1) is 5.92 Å². The number of methoxy groups -OCH3 is 1. The largest absolute Gasteiger partial charge is 0.497 e. The van der Waals surface area contributed by atoms with Gasteiger partial charge in [-0.3, -0.25) is 4.79 Å². The van der Waals surface area contributed by atoms with Crippen LogP contribution in [0.3, 0.4) is 0 Å². The minimum atomic E-state index is -0.260. The summed E-state index contributed by atoms with van der Waals surface area (Å²) >= 11 is 0. The number of amides is 1. The van der Waals surface area contributed by atoms with Crippen molar-refractivity contribution in [2.45, 2.75) is 50.7 Å². The molecule has 2 fully saturated rings. The fraction of sp³-hybridized carbons (Fsp3) is 0.650. The number of carbonyl (C=O) groups excluding carboxylic acids is 1. The van der Waals surface area contributed by atoms with E-state index in [1.54, 1.807) is 7.11 Å². The summed E-state index contributed by atoms with van der Waals surface area (Å²) in [5.74, 6) is 1.78. The van der Waals surface area contributed by atoms with Crippen molar-refractivity contribution in [3.05, 3.63) is 29.8 Å². The molecular weight excluding hydrogens is 352 g/mol. The lowest BCUT2D eigenvalue weighted by atomic mass is 9.90. The molecule has 6 heteroatoms. The summed E-state index contributed by atoms with van der Waals surface area (Å²) in [5, 5.41) is 0. The first-order chi connectivity index (χ1) is 12.2. The topological polar surface area (TPSA) is 64.8 Å². The van der Waals surface area contributed by atoms with Gasteiger partial charge in [-0.05, 0) is 62.1 Å². The zero-order valence-corrected chi connectivity index (χ0v) is 16.4. The van der Waals surface area contributed by atoms with Crippen molar-refractivity contribution >= 4 is 18.3 Å². The zero-order chi connectivity index (χ0) is 17.6. The van der Waals surface area contributed by atoms with E-state index in [0.29, 0.717) is 12.5 Å². The summed E-state index contributed by atoms with van der Waals surface area (Å²) < 4.78 is 10.9. The Morgan fingerprint density at radius 2 is 1.88 bits per heavy atom. The average Bonchev–Trinajstić information content (AvgIpc) is 3.16. The van der Waals surface area contributed by atoms with E-state index >= 15 is 0 Å². The van der Waals surface area contributed by atoms with E-state index in [1.165, 1.54) is 12.0 Å². The number of ether oxygens (including phenoxy) is 2. The molecule has 0 saturated carbocycles. The Hall–Kier alpha value is -1.30. The Balaban J connectivity index is 0.00000243. The maximum atomic E-state index is 12.6. The Bertz CT molecular complexity index is 559. The standard InChI is InChI=1S/C20H30N2O3.ClH/c1-24-17-6-4-15(5-7-17)2-3-16-10-12-22(13-11-16)20(23)19-9-8-18(14-21)25-19;/h4-7,16,18-19H,2-3,8-14,21H2,1H3;1H/t18-,19+;/m1./s1. The molecule has 0 spiro atoms. The number of nitrogens with two attached hydrogens (primary N) is 1. The highest BCUT2D eigenvalue weighted by atomic mass is 35.5. The van der Waals surface area contributed by atoms with Crippen molar-refractivity contribution < 1.29 is 14.3 Å². The number of carbonyl (C=O) groups is 1. The molecule has 1 aromatic rings. The molecule has 0 aliphatic carbocycles. The van der Waals surface area contributed by atoms with Crippen molar-refractivity contribution in [3.8, 4) is 5.75 Å². The average molecular weight is 383 g/mol. The van der Waals surface area contributed by atoms with E-state index in [1.807, 2.05) is 17.0 Å². The third-order valence-corrected chi connectivity index (χ3v) is 5.57. The molecule has 2 N–H and O–H groups in total. The van der Waals surface area contributed by atoms with Crippen molar-refractivity contribution in [3.63, 3.8) is 0 Å². The molecule has 2 saturated heterocycles. The van der Waals surface area contributed by atoms with Gasteiger partial charge < -0.3 is 20.1 Å². The van der Waals surface area contributed by atoms with Crippen molar-refractivity contribution in [1.29, 1.82) is 0 Å². The molecule has 0 unspecified atom stereocenters. The maximum absolute atomic E-state index is 12.6. The lowest BCUT2D eigenvalue weighted by molar-refractivity contribution is -0.144. The number of likely N-dealkylation sites (tertiary alicyclic amines) is 1. The maximum Gasteiger partial charge on any atom is 0.251 e. The summed E-state index contributed by atoms with van der Waals surface area (Å²) in [6, 6.07) is 8.32. The normalized spacial score (nSPS) is 23.5. The SMILES string of the molecule is COc1ccc(CCC2CCN(C(=O)[C@@H]3CC[C@H](CN)O3)CC2)cc1.Cl. The molecule has 3 rings (SSSR count). The predicted molar refractivity (Wildman–Crippen MR) is 105 cm³/mol. The Kier molecular flexibility index (Phi) is 8.19. The molecule has 0 radical (unpaired) electrons. The highest BCUT2D eigenvalue weighted by Gasteiger charge is 2.34. The van der Waals surface area contributed by atoms with E-state index in [2.05, 4.69) is 12.1 Å². The quantitative estimate of drug-likeness (QED) is 0.821. The van der Waals surface area contributed by atoms with Gasteiger partial charge in [0.25, 0.3) is 5.91 Å². The van der Waals surface area contributed by atoms with E-state index in [9.17, 15) is 4.79 Å². The van der Waals surface area contributed by atoms with Gasteiger partial charge >= 0.3 is 0 Å². The number of nitrogens with zero attached hydrogens (tertiary/aromatic N) is 1. The van der Waals surface area contributed by atoms with E-state index in [4.69, 9.17) is 15.2 Å². The minimum Gasteiger partial charge on any atom is -0.497 e. The molecule has 5 nitrogen and oxygen atoms in total. The molecule has 26 heavy (non-hydrogen) atoms. The second kappa shape index (κ2) is 10.1. The first-order valence-corrected chi connectivity index (χ1v) is 9.47. The van der Waals surface area contributed by atoms with Gasteiger partial charge in [0.15, 0.2) is 0 Å². The molecule has 1 aromatic carbocycles. The fourth-order valence-corrected chi connectivity index (χ4v) is 3.87. The Labute approximate surface area is 162 Å². The minimum absolute atomic E-state index is 0. The van der Waals surface area contributed by atoms with Crippen LogP contribution in [-0.4, -0.2) is 49.8 Å². The van der Waals surface area contributed by atoms with Crippen LogP contribution < -0.4 is 10.5 Å². The van der Waals surface area contributed by atoms with Gasteiger partial charge in [0.1, 0.15) is 11.9 Å². The number of hydrogen-bond donors (Lipinski definition) is 1. The fourth-order valence-electron chi connectivity index (χ4n) is 3.87. The zero-order valence-electron chi connectivity index (χ0n) is 15.6. The van der Waals surface area contributed by atoms with Crippen LogP contribution in [-0.2, 0) is 16.0 Å². The van der Waals surface area contributed by atoms with Crippen LogP contribution in [0.25, 0.3) is 0 Å². The second-order valence-corrected chi connectivity index (χ2v) is 7.22. The van der Waals surface area contributed by atoms with Gasteiger partial charge in [-0.2, -0.15) is 0 Å². The first-order valence-electron chi connectivity index (χ1n) is 9.47. The molecule has 2 heterocycles. The highest BCUT2D eigenvalue weighted by molar-refractivity contribution is 5.85. The lowest BCUT2D eigenvalue weighted by Crippen LogP contribution is -2.44. The second-order valence-electron chi connectivity index (χ2n) is 7.22. The van der Waals surface area contributed by atoms with Gasteiger partial charge in [-0.15, -0.1) is 12.4 Å². The van der Waals surface area contributed by atoms with Crippen LogP contribution in [0.5, 0.6) is 5.75 Å². The highest BCUT2D eigenvalue weighted by Crippen LogP contribution is 2.26. The van der Waals surface area contributed by atoms with E-state index in [-0.39, 0.29) is 30.5 Å². The third-order valence-electron chi connectivity index (χ3n) is 5.57. The van der Waals surface area contributed by atoms with Gasteiger partial charge in [-0.1, -0.05) is 12.1 Å². The monoisotopic (exact) mass is 382 g/mol. The van der Waals surface area contributed by atoms with Crippen LogP contribution in [0.15, 0.2) is 24.3 Å². The number of rotatable bonds is 6. The van der Waals surface area contributed by atoms with Crippen molar-refractivity contribution in [1.82, 2.24) is 4.90 Å². The molecule has 0 aromatic heterocycles. The van der Waals surface area contributed by atoms with Gasteiger partial charge in [0, 0.05) is 19.6 Å². The van der Waals surface area contributed by atoms with Gasteiger partial charge in [0.2, 0.25) is 0 Å². The summed E-state index contributed by atoms with van der Waals surface area (Å²) in [4.78, 5) is 14.6. The first kappa shape index (κ1) is 21.0. The molecule has 2 aliphatic rings. The third kappa shape index (κ3) is 5.35. The molecule has 146 valence electrons. The molecular formula is C20H31ClN2O3. The van der Waals surface area contributed by atoms with E-state index in [0.717, 1.165) is 50.9 Å². The number of halogens is 1. The number of piperidine rings is 1. The summed E-state index contributed by atoms with van der Waals surface area (Å²) in [7, 11) is 1.69. The summed E-state index contributed by atoms with van der Waals surface area (Å²) in [6.45, 7) is 2.23. The molecule has 0 bridgehead atoms. The Morgan fingerprint density at radius 1 is 1.19 bits per heavy atom. The summed E-state index contributed by atoms with van der Waals surface area (Å²) in [6.07, 6.45) is 5.99. The van der Waals surface area contributed by atoms with Crippen LogP contribution >= 0.6 is 12.4 Å². The molecule has 1 amide bonds. The van der Waals surface area contributed by atoms with Crippen LogP contribution in [0.1, 0.15) is 37.7 Å². The number of benzene rings is 1. The molecule has 2 atom stereocenters. The van der Waals surface area contributed by atoms with Crippen LogP contribution in [0.4, 0.5) is 0 Å².